The number of carbonyl (C=O) groups is 2. The van der Waals surface area contributed by atoms with E-state index in [2.05, 4.69) is 9.47 Å². The van der Waals surface area contributed by atoms with Gasteiger partial charge in [-0.15, -0.1) is 13.2 Å². The molecule has 39 heavy (non-hydrogen) atoms. The first-order chi connectivity index (χ1) is 18.0. The number of hydrogen-bond acceptors (Lipinski definition) is 4. The molecule has 1 amide bonds. The van der Waals surface area contributed by atoms with Crippen molar-refractivity contribution in [2.24, 2.45) is 0 Å². The second kappa shape index (κ2) is 11.0. The van der Waals surface area contributed by atoms with E-state index in [4.69, 9.17) is 0 Å². The Morgan fingerprint density at radius 3 is 1.85 bits per heavy atom. The van der Waals surface area contributed by atoms with Gasteiger partial charge in [0.2, 0.25) is 0 Å². The van der Waals surface area contributed by atoms with Gasteiger partial charge < -0.3 is 9.47 Å². The number of amides is 1. The summed E-state index contributed by atoms with van der Waals surface area (Å²) in [6.45, 7) is 5.70. The first kappa shape index (κ1) is 29.5. The van der Waals surface area contributed by atoms with Crippen LogP contribution in [-0.2, 0) is 32.5 Å². The Hall–Kier alpha value is -4.02. The van der Waals surface area contributed by atoms with Gasteiger partial charge in [0.25, 0.3) is 0 Å². The molecule has 0 bridgehead atoms. The third-order valence-electron chi connectivity index (χ3n) is 5.78. The number of ether oxygens (including phenoxy) is 2. The number of rotatable bonds is 5. The molecule has 0 aliphatic carbocycles. The SMILES string of the molecule is COC(=O)C(=O)N(Cc1ccc(C(C)(C)C)cc1)c1cc(C(F)(F)F)ccc1-c1ccc(OC(F)(F)F)cc1. The van der Waals surface area contributed by atoms with Crippen LogP contribution in [0.3, 0.4) is 0 Å². The van der Waals surface area contributed by atoms with Crippen molar-refractivity contribution < 1.29 is 45.4 Å². The molecule has 3 rings (SSSR count). The van der Waals surface area contributed by atoms with Gasteiger partial charge in [-0.1, -0.05) is 63.2 Å². The molecule has 208 valence electrons. The number of anilines is 1. The van der Waals surface area contributed by atoms with E-state index in [9.17, 15) is 35.9 Å². The van der Waals surface area contributed by atoms with Crippen molar-refractivity contribution in [1.82, 2.24) is 0 Å². The van der Waals surface area contributed by atoms with E-state index in [-0.39, 0.29) is 28.8 Å². The van der Waals surface area contributed by atoms with Crippen LogP contribution in [0.5, 0.6) is 5.75 Å². The molecule has 0 aliphatic heterocycles. The Kier molecular flexibility index (Phi) is 8.33. The molecular weight excluding hydrogens is 528 g/mol. The van der Waals surface area contributed by atoms with Gasteiger partial charge in [-0.05, 0) is 46.4 Å². The lowest BCUT2D eigenvalue weighted by molar-refractivity contribution is -0.274. The van der Waals surface area contributed by atoms with Crippen LogP contribution in [0.2, 0.25) is 0 Å². The molecule has 0 N–H and O–H groups in total. The van der Waals surface area contributed by atoms with Crippen molar-refractivity contribution in [1.29, 1.82) is 0 Å². The van der Waals surface area contributed by atoms with Crippen LogP contribution < -0.4 is 9.64 Å². The van der Waals surface area contributed by atoms with Crippen LogP contribution in [0.25, 0.3) is 11.1 Å². The number of methoxy groups -OCH3 is 1. The Morgan fingerprint density at radius 1 is 0.795 bits per heavy atom. The molecule has 0 heterocycles. The summed E-state index contributed by atoms with van der Waals surface area (Å²) in [7, 11) is 0.961. The van der Waals surface area contributed by atoms with E-state index in [0.29, 0.717) is 11.6 Å². The van der Waals surface area contributed by atoms with Crippen LogP contribution in [0.1, 0.15) is 37.5 Å². The van der Waals surface area contributed by atoms with E-state index >= 15 is 0 Å². The van der Waals surface area contributed by atoms with E-state index in [0.717, 1.165) is 41.8 Å². The number of halogens is 6. The normalized spacial score (nSPS) is 12.2. The summed E-state index contributed by atoms with van der Waals surface area (Å²) in [5.41, 5.74) is 0.157. The third-order valence-corrected chi connectivity index (χ3v) is 5.78. The van der Waals surface area contributed by atoms with Crippen LogP contribution in [0, 0.1) is 0 Å². The Labute approximate surface area is 220 Å². The van der Waals surface area contributed by atoms with Crippen molar-refractivity contribution in [3.63, 3.8) is 0 Å². The van der Waals surface area contributed by atoms with E-state index in [1.165, 1.54) is 12.1 Å². The highest BCUT2D eigenvalue weighted by molar-refractivity contribution is 6.38. The van der Waals surface area contributed by atoms with Gasteiger partial charge in [-0.25, -0.2) is 4.79 Å². The van der Waals surface area contributed by atoms with Gasteiger partial charge in [0.15, 0.2) is 0 Å². The van der Waals surface area contributed by atoms with Gasteiger partial charge in [-0.2, -0.15) is 13.2 Å². The van der Waals surface area contributed by atoms with Crippen molar-refractivity contribution in [2.75, 3.05) is 12.0 Å². The third kappa shape index (κ3) is 7.52. The second-order valence-electron chi connectivity index (χ2n) is 9.63. The lowest BCUT2D eigenvalue weighted by Gasteiger charge is -2.26. The van der Waals surface area contributed by atoms with Crippen molar-refractivity contribution in [3.05, 3.63) is 83.4 Å². The van der Waals surface area contributed by atoms with E-state index < -0.39 is 35.7 Å². The largest absolute Gasteiger partial charge is 0.573 e. The summed E-state index contributed by atoms with van der Waals surface area (Å²) in [6.07, 6.45) is -9.72. The zero-order valence-corrected chi connectivity index (χ0v) is 21.4. The molecule has 5 nitrogen and oxygen atoms in total. The van der Waals surface area contributed by atoms with Crippen LogP contribution >= 0.6 is 0 Å². The number of carbonyl (C=O) groups excluding carboxylic acids is 2. The van der Waals surface area contributed by atoms with Crippen LogP contribution in [-0.4, -0.2) is 25.3 Å². The summed E-state index contributed by atoms with van der Waals surface area (Å²) >= 11 is 0. The summed E-state index contributed by atoms with van der Waals surface area (Å²) in [5, 5.41) is 0. The van der Waals surface area contributed by atoms with Gasteiger partial charge >= 0.3 is 24.4 Å². The van der Waals surface area contributed by atoms with E-state index in [1.54, 1.807) is 12.1 Å². The minimum absolute atomic E-state index is 0.0603. The molecule has 0 saturated heterocycles. The zero-order valence-electron chi connectivity index (χ0n) is 21.4. The average Bonchev–Trinajstić information content (AvgIpc) is 2.85. The maximum atomic E-state index is 13.7. The fraction of sp³-hybridized carbons (Fsp3) is 0.286. The van der Waals surface area contributed by atoms with E-state index in [1.807, 2.05) is 32.9 Å². The maximum Gasteiger partial charge on any atom is 0.573 e. The first-order valence-electron chi connectivity index (χ1n) is 11.6. The first-order valence-corrected chi connectivity index (χ1v) is 11.6. The van der Waals surface area contributed by atoms with Crippen molar-refractivity contribution >= 4 is 17.6 Å². The van der Waals surface area contributed by atoms with Crippen molar-refractivity contribution in [3.8, 4) is 16.9 Å². The summed E-state index contributed by atoms with van der Waals surface area (Å²) in [6, 6.07) is 13.9. The summed E-state index contributed by atoms with van der Waals surface area (Å²) in [5.74, 6) is -3.07. The fourth-order valence-electron chi connectivity index (χ4n) is 3.77. The molecule has 0 atom stereocenters. The highest BCUT2D eigenvalue weighted by atomic mass is 19.4. The monoisotopic (exact) mass is 553 g/mol. The summed E-state index contributed by atoms with van der Waals surface area (Å²) in [4.78, 5) is 26.2. The number of benzene rings is 3. The Bertz CT molecular complexity index is 1320. The topological polar surface area (TPSA) is 55.8 Å². The predicted octanol–water partition coefficient (Wildman–Crippen LogP) is 7.27. The Morgan fingerprint density at radius 2 is 1.36 bits per heavy atom. The van der Waals surface area contributed by atoms with Gasteiger partial charge in [-0.3, -0.25) is 9.69 Å². The molecule has 3 aromatic carbocycles. The van der Waals surface area contributed by atoms with Gasteiger partial charge in [0.1, 0.15) is 5.75 Å². The fourth-order valence-corrected chi connectivity index (χ4v) is 3.77. The van der Waals surface area contributed by atoms with Crippen LogP contribution in [0.15, 0.2) is 66.7 Å². The highest BCUT2D eigenvalue weighted by Gasteiger charge is 2.34. The molecule has 0 aromatic heterocycles. The minimum Gasteiger partial charge on any atom is -0.462 e. The second-order valence-corrected chi connectivity index (χ2v) is 9.63. The minimum atomic E-state index is -4.94. The molecule has 0 radical (unpaired) electrons. The van der Waals surface area contributed by atoms with Gasteiger partial charge in [0, 0.05) is 5.56 Å². The quantitative estimate of drug-likeness (QED) is 0.189. The lowest BCUT2D eigenvalue weighted by Crippen LogP contribution is -2.37. The molecular formula is C28H25F6NO4. The zero-order chi connectivity index (χ0) is 29.2. The number of alkyl halides is 6. The lowest BCUT2D eigenvalue weighted by atomic mass is 9.86. The molecule has 11 heteroatoms. The standard InChI is InChI=1S/C28H25F6NO4/c1-26(2,3)19-9-5-17(6-10-19)16-35(24(36)25(37)38-4)23-15-20(27(29,30)31)11-14-22(23)18-7-12-21(13-8-18)39-28(32,33)34/h5-15H,16H2,1-4H3. The molecule has 3 aromatic rings. The van der Waals surface area contributed by atoms with Crippen molar-refractivity contribution in [2.45, 2.75) is 45.3 Å². The molecule has 0 unspecified atom stereocenters. The van der Waals surface area contributed by atoms with Gasteiger partial charge in [0.05, 0.1) is 24.9 Å². The van der Waals surface area contributed by atoms with Crippen LogP contribution in [0.4, 0.5) is 32.0 Å². The number of nitrogens with zero attached hydrogens (tertiary/aromatic N) is 1. The number of esters is 1. The molecule has 0 fully saturated rings. The molecule has 0 saturated carbocycles. The highest BCUT2D eigenvalue weighted by Crippen LogP contribution is 2.39. The summed E-state index contributed by atoms with van der Waals surface area (Å²) < 4.78 is 87.1. The Balaban J connectivity index is 2.15. The molecule has 0 aliphatic rings. The maximum absolute atomic E-state index is 13.7. The molecule has 0 spiro atoms. The number of hydrogen-bond donors (Lipinski definition) is 0. The predicted molar refractivity (Wildman–Crippen MR) is 132 cm³/mol. The smallest absolute Gasteiger partial charge is 0.462 e. The average molecular weight is 553 g/mol.